The highest BCUT2D eigenvalue weighted by molar-refractivity contribution is 7.99. The molecular formula is C12H14FNS. The minimum Gasteiger partial charge on any atom is -0.207 e. The first-order valence-electron chi connectivity index (χ1n) is 4.99. The van der Waals surface area contributed by atoms with Crippen molar-refractivity contribution in [3.63, 3.8) is 0 Å². The van der Waals surface area contributed by atoms with Gasteiger partial charge in [0.1, 0.15) is 5.82 Å². The molecule has 80 valence electrons. The molecule has 1 aromatic rings. The summed E-state index contributed by atoms with van der Waals surface area (Å²) in [6.07, 6.45) is 1.12. The molecule has 0 saturated heterocycles. The van der Waals surface area contributed by atoms with Gasteiger partial charge in [-0.05, 0) is 24.1 Å². The van der Waals surface area contributed by atoms with Crippen molar-refractivity contribution in [3.05, 3.63) is 29.6 Å². The van der Waals surface area contributed by atoms with E-state index < -0.39 is 0 Å². The number of nitriles is 1. The summed E-state index contributed by atoms with van der Waals surface area (Å²) in [6.45, 7) is 4.30. The number of halogens is 1. The van der Waals surface area contributed by atoms with Crippen molar-refractivity contribution in [2.45, 2.75) is 25.2 Å². The highest BCUT2D eigenvalue weighted by atomic mass is 32.2. The van der Waals surface area contributed by atoms with E-state index in [2.05, 4.69) is 13.8 Å². The molecule has 0 aromatic heterocycles. The van der Waals surface area contributed by atoms with Gasteiger partial charge in [0.15, 0.2) is 0 Å². The Kier molecular flexibility index (Phi) is 4.64. The highest BCUT2D eigenvalue weighted by Gasteiger charge is 2.03. The molecule has 0 aliphatic rings. The first kappa shape index (κ1) is 12.1. The molecule has 0 fully saturated rings. The Morgan fingerprint density at radius 3 is 2.80 bits per heavy atom. The molecule has 0 heterocycles. The molecule has 1 unspecified atom stereocenters. The van der Waals surface area contributed by atoms with Crippen LogP contribution in [0.4, 0.5) is 4.39 Å². The summed E-state index contributed by atoms with van der Waals surface area (Å²) in [5.74, 6) is 1.25. The Bertz CT molecular complexity index is 370. The van der Waals surface area contributed by atoms with Gasteiger partial charge in [0.05, 0.1) is 11.6 Å². The zero-order valence-corrected chi connectivity index (χ0v) is 9.77. The van der Waals surface area contributed by atoms with E-state index in [1.54, 1.807) is 17.8 Å². The second kappa shape index (κ2) is 5.77. The maximum absolute atomic E-state index is 13.1. The van der Waals surface area contributed by atoms with E-state index in [0.29, 0.717) is 11.5 Å². The summed E-state index contributed by atoms with van der Waals surface area (Å²) in [5, 5.41) is 8.68. The van der Waals surface area contributed by atoms with Crippen molar-refractivity contribution in [1.29, 1.82) is 5.26 Å². The fourth-order valence-corrected chi connectivity index (χ4v) is 2.19. The summed E-state index contributed by atoms with van der Waals surface area (Å²) < 4.78 is 13.1. The Hall–Kier alpha value is -1.01. The van der Waals surface area contributed by atoms with Crippen LogP contribution >= 0.6 is 11.8 Å². The molecule has 0 radical (unpaired) electrons. The van der Waals surface area contributed by atoms with Gasteiger partial charge >= 0.3 is 0 Å². The predicted molar refractivity (Wildman–Crippen MR) is 61.3 cm³/mol. The van der Waals surface area contributed by atoms with E-state index in [-0.39, 0.29) is 5.82 Å². The average molecular weight is 223 g/mol. The summed E-state index contributed by atoms with van der Waals surface area (Å²) in [6, 6.07) is 6.43. The van der Waals surface area contributed by atoms with Crippen LogP contribution in [-0.2, 0) is 0 Å². The van der Waals surface area contributed by atoms with Crippen molar-refractivity contribution in [2.75, 3.05) is 5.75 Å². The Morgan fingerprint density at radius 1 is 1.47 bits per heavy atom. The normalized spacial score (nSPS) is 12.1. The van der Waals surface area contributed by atoms with Crippen molar-refractivity contribution in [1.82, 2.24) is 0 Å². The molecule has 0 aliphatic carbocycles. The minimum absolute atomic E-state index is 0.333. The van der Waals surface area contributed by atoms with E-state index in [1.807, 2.05) is 6.07 Å². The number of rotatable bonds is 4. The Balaban J connectivity index is 2.69. The fraction of sp³-hybridized carbons (Fsp3) is 0.417. The third-order valence-corrected chi connectivity index (χ3v) is 3.54. The molecule has 0 saturated carbocycles. The summed E-state index contributed by atoms with van der Waals surface area (Å²) in [4.78, 5) is 0.840. The lowest BCUT2D eigenvalue weighted by Gasteiger charge is -2.07. The summed E-state index contributed by atoms with van der Waals surface area (Å²) in [7, 11) is 0. The highest BCUT2D eigenvalue weighted by Crippen LogP contribution is 2.23. The van der Waals surface area contributed by atoms with Crippen molar-refractivity contribution >= 4 is 11.8 Å². The van der Waals surface area contributed by atoms with Crippen LogP contribution in [-0.4, -0.2) is 5.75 Å². The second-order valence-electron chi connectivity index (χ2n) is 3.61. The topological polar surface area (TPSA) is 23.8 Å². The molecule has 3 heteroatoms. The van der Waals surface area contributed by atoms with E-state index >= 15 is 0 Å². The van der Waals surface area contributed by atoms with Crippen molar-refractivity contribution < 1.29 is 4.39 Å². The van der Waals surface area contributed by atoms with Gasteiger partial charge in [-0.1, -0.05) is 20.3 Å². The van der Waals surface area contributed by atoms with Gasteiger partial charge in [-0.15, -0.1) is 11.8 Å². The van der Waals surface area contributed by atoms with Gasteiger partial charge in [0, 0.05) is 10.6 Å². The van der Waals surface area contributed by atoms with Crippen molar-refractivity contribution in [3.8, 4) is 6.07 Å². The monoisotopic (exact) mass is 223 g/mol. The molecule has 0 N–H and O–H groups in total. The largest absolute Gasteiger partial charge is 0.207 e. The predicted octanol–water partition coefficient (Wildman–Crippen LogP) is 3.84. The fourth-order valence-electron chi connectivity index (χ4n) is 1.07. The maximum atomic E-state index is 13.1. The average Bonchev–Trinajstić information content (AvgIpc) is 2.25. The smallest absolute Gasteiger partial charge is 0.125 e. The van der Waals surface area contributed by atoms with Crippen LogP contribution in [0, 0.1) is 23.1 Å². The molecule has 0 bridgehead atoms. The zero-order valence-electron chi connectivity index (χ0n) is 8.96. The first-order chi connectivity index (χ1) is 7.15. The van der Waals surface area contributed by atoms with Gasteiger partial charge in [0.2, 0.25) is 0 Å². The molecule has 1 atom stereocenters. The Morgan fingerprint density at radius 2 is 2.20 bits per heavy atom. The van der Waals surface area contributed by atoms with Crippen LogP contribution in [0.5, 0.6) is 0 Å². The Labute approximate surface area is 94.3 Å². The van der Waals surface area contributed by atoms with Gasteiger partial charge in [-0.25, -0.2) is 4.39 Å². The van der Waals surface area contributed by atoms with E-state index in [0.717, 1.165) is 17.1 Å². The lowest BCUT2D eigenvalue weighted by atomic mass is 10.2. The van der Waals surface area contributed by atoms with Crippen LogP contribution in [0.1, 0.15) is 25.8 Å². The number of hydrogen-bond acceptors (Lipinski definition) is 2. The molecule has 0 amide bonds. The third-order valence-electron chi connectivity index (χ3n) is 2.23. The minimum atomic E-state index is -0.333. The standard InChI is InChI=1S/C12H14FNS/c1-3-9(2)8-15-12-5-10(7-14)4-11(13)6-12/h4-6,9H,3,8H2,1-2H3. The number of hydrogen-bond donors (Lipinski definition) is 0. The first-order valence-corrected chi connectivity index (χ1v) is 5.97. The SMILES string of the molecule is CCC(C)CSc1cc(F)cc(C#N)c1. The van der Waals surface area contributed by atoms with Crippen molar-refractivity contribution in [2.24, 2.45) is 5.92 Å². The molecular weight excluding hydrogens is 209 g/mol. The van der Waals surface area contributed by atoms with Crippen LogP contribution < -0.4 is 0 Å². The van der Waals surface area contributed by atoms with Gasteiger partial charge in [-0.2, -0.15) is 5.26 Å². The molecule has 0 spiro atoms. The summed E-state index contributed by atoms with van der Waals surface area (Å²) >= 11 is 1.61. The lowest BCUT2D eigenvalue weighted by Crippen LogP contribution is -1.95. The van der Waals surface area contributed by atoms with E-state index in [4.69, 9.17) is 5.26 Å². The van der Waals surface area contributed by atoms with E-state index in [9.17, 15) is 4.39 Å². The summed E-state index contributed by atoms with van der Waals surface area (Å²) in [5.41, 5.74) is 0.390. The van der Waals surface area contributed by atoms with Crippen LogP contribution in [0.2, 0.25) is 0 Å². The van der Waals surface area contributed by atoms with Gasteiger partial charge in [0.25, 0.3) is 0 Å². The number of benzene rings is 1. The van der Waals surface area contributed by atoms with Gasteiger partial charge in [-0.3, -0.25) is 0 Å². The molecule has 1 rings (SSSR count). The maximum Gasteiger partial charge on any atom is 0.125 e. The second-order valence-corrected chi connectivity index (χ2v) is 4.71. The van der Waals surface area contributed by atoms with E-state index in [1.165, 1.54) is 12.1 Å². The molecule has 1 aromatic carbocycles. The quantitative estimate of drug-likeness (QED) is 0.724. The number of thioether (sulfide) groups is 1. The van der Waals surface area contributed by atoms with Crippen LogP contribution in [0.25, 0.3) is 0 Å². The molecule has 15 heavy (non-hydrogen) atoms. The number of nitrogens with zero attached hydrogens (tertiary/aromatic N) is 1. The van der Waals surface area contributed by atoms with Gasteiger partial charge < -0.3 is 0 Å². The van der Waals surface area contributed by atoms with Crippen LogP contribution in [0.15, 0.2) is 23.1 Å². The molecule has 1 nitrogen and oxygen atoms in total. The van der Waals surface area contributed by atoms with Crippen LogP contribution in [0.3, 0.4) is 0 Å². The lowest BCUT2D eigenvalue weighted by molar-refractivity contribution is 0.622. The third kappa shape index (κ3) is 3.93. The zero-order chi connectivity index (χ0) is 11.3. The molecule has 0 aliphatic heterocycles.